The van der Waals surface area contributed by atoms with Crippen LogP contribution in [-0.2, 0) is 23.9 Å². The summed E-state index contributed by atoms with van der Waals surface area (Å²) in [5.74, 6) is -1.94. The Hall–Kier alpha value is -3.28. The third-order valence-corrected chi connectivity index (χ3v) is 7.47. The van der Waals surface area contributed by atoms with E-state index in [1.165, 1.54) is 0 Å². The molecule has 3 rings (SSSR count). The number of para-hydroxylation sites is 1. The van der Waals surface area contributed by atoms with E-state index in [9.17, 15) is 19.2 Å². The number of anilines is 1. The monoisotopic (exact) mass is 588 g/mol. The Kier molecular flexibility index (Phi) is 13.6. The molecule has 11 nitrogen and oxygen atoms in total. The highest BCUT2D eigenvalue weighted by atomic mass is 16.5. The van der Waals surface area contributed by atoms with Crippen molar-refractivity contribution in [2.45, 2.75) is 72.0 Å². The fraction of sp³-hybridized carbons (Fsp3) is 0.613. The molecule has 0 bridgehead atoms. The van der Waals surface area contributed by atoms with Crippen molar-refractivity contribution in [1.82, 2.24) is 15.5 Å². The molecule has 0 radical (unpaired) electrons. The van der Waals surface area contributed by atoms with Gasteiger partial charge in [0.2, 0.25) is 11.8 Å². The van der Waals surface area contributed by atoms with Gasteiger partial charge in [0.05, 0.1) is 25.1 Å². The Balaban J connectivity index is 0.000000675. The number of hydrogen-bond donors (Lipinski definition) is 4. The molecule has 4 N–H and O–H groups in total. The number of carboxylic acids is 2. The number of hydrogen-bond acceptors (Lipinski definition) is 7. The van der Waals surface area contributed by atoms with Crippen LogP contribution >= 0.6 is 0 Å². The van der Waals surface area contributed by atoms with Gasteiger partial charge >= 0.3 is 11.9 Å². The molecule has 2 heterocycles. The molecule has 11 heteroatoms. The lowest BCUT2D eigenvalue weighted by atomic mass is 9.88. The smallest absolute Gasteiger partial charge is 0.328 e. The Morgan fingerprint density at radius 2 is 1.79 bits per heavy atom. The molecule has 0 saturated carbocycles. The van der Waals surface area contributed by atoms with Gasteiger partial charge in [-0.05, 0) is 58.1 Å². The van der Waals surface area contributed by atoms with Crippen molar-refractivity contribution in [3.8, 4) is 0 Å². The van der Waals surface area contributed by atoms with E-state index >= 15 is 0 Å². The molecule has 0 aromatic heterocycles. The van der Waals surface area contributed by atoms with Crippen LogP contribution in [0.3, 0.4) is 0 Å². The number of nitrogens with zero attached hydrogens (tertiary/aromatic N) is 2. The second-order valence-electron chi connectivity index (χ2n) is 12.0. The van der Waals surface area contributed by atoms with Crippen molar-refractivity contribution in [2.24, 2.45) is 11.8 Å². The summed E-state index contributed by atoms with van der Waals surface area (Å²) in [7, 11) is 0. The van der Waals surface area contributed by atoms with Crippen LogP contribution in [0.15, 0.2) is 36.4 Å². The van der Waals surface area contributed by atoms with Gasteiger partial charge in [-0.3, -0.25) is 14.5 Å². The van der Waals surface area contributed by atoms with Crippen molar-refractivity contribution < 1.29 is 34.1 Å². The van der Waals surface area contributed by atoms with Crippen LogP contribution < -0.4 is 15.5 Å². The van der Waals surface area contributed by atoms with Gasteiger partial charge in [-0.25, -0.2) is 9.59 Å². The topological polar surface area (TPSA) is 149 Å². The maximum atomic E-state index is 13.2. The highest BCUT2D eigenvalue weighted by Gasteiger charge is 2.44. The van der Waals surface area contributed by atoms with Gasteiger partial charge in [-0.2, -0.15) is 0 Å². The van der Waals surface area contributed by atoms with E-state index in [4.69, 9.17) is 14.9 Å². The summed E-state index contributed by atoms with van der Waals surface area (Å²) in [4.78, 5) is 49.7. The van der Waals surface area contributed by atoms with Crippen molar-refractivity contribution in [3.05, 3.63) is 42.0 Å². The quantitative estimate of drug-likeness (QED) is 0.286. The lowest BCUT2D eigenvalue weighted by Crippen LogP contribution is -2.67. The van der Waals surface area contributed by atoms with Gasteiger partial charge in [0.25, 0.3) is 0 Å². The Morgan fingerprint density at radius 3 is 2.36 bits per heavy atom. The molecular weight excluding hydrogens is 540 g/mol. The standard InChI is InChI=1S/C27H44N4O3.C4H4O4/c1-7-34-17-22(12-19(2)3)29-26(33)21-13-23(15-28-14-21)31-16-25(32)30(18-27(31,5)6)24-11-9-8-10-20(24)4;5-3(6)1-2-4(7)8/h8-11,19,21-23,28H,7,12-18H2,1-6H3,(H,29,33);1-2H,(H,5,6)(H,7,8)/b;2-1+/t21-,22+,23+;/m0./s1. The number of benzene rings is 1. The highest BCUT2D eigenvalue weighted by molar-refractivity contribution is 5.96. The zero-order chi connectivity index (χ0) is 31.4. The lowest BCUT2D eigenvalue weighted by molar-refractivity contribution is -0.134. The van der Waals surface area contributed by atoms with Gasteiger partial charge < -0.3 is 30.5 Å². The minimum Gasteiger partial charge on any atom is -0.478 e. The van der Waals surface area contributed by atoms with E-state index in [-0.39, 0.29) is 35.4 Å². The van der Waals surface area contributed by atoms with Crippen LogP contribution in [0.4, 0.5) is 5.69 Å². The number of ether oxygens (including phenoxy) is 1. The number of carbonyl (C=O) groups is 4. The van der Waals surface area contributed by atoms with Gasteiger partial charge in [0.1, 0.15) is 0 Å². The summed E-state index contributed by atoms with van der Waals surface area (Å²) in [5, 5.41) is 22.3. The van der Waals surface area contributed by atoms with Crippen LogP contribution in [-0.4, -0.2) is 95.9 Å². The summed E-state index contributed by atoms with van der Waals surface area (Å²) < 4.78 is 5.61. The molecule has 0 unspecified atom stereocenters. The van der Waals surface area contributed by atoms with E-state index in [0.29, 0.717) is 50.9 Å². The van der Waals surface area contributed by atoms with Crippen LogP contribution in [0.5, 0.6) is 0 Å². The predicted molar refractivity (Wildman–Crippen MR) is 161 cm³/mol. The van der Waals surface area contributed by atoms with E-state index in [0.717, 1.165) is 30.6 Å². The summed E-state index contributed by atoms with van der Waals surface area (Å²) in [6, 6.07) is 8.23. The van der Waals surface area contributed by atoms with E-state index in [2.05, 4.69) is 43.2 Å². The van der Waals surface area contributed by atoms with Crippen molar-refractivity contribution in [3.63, 3.8) is 0 Å². The summed E-state index contributed by atoms with van der Waals surface area (Å²) in [6.45, 7) is 16.4. The predicted octanol–water partition coefficient (Wildman–Crippen LogP) is 2.68. The maximum absolute atomic E-state index is 13.2. The number of nitrogens with one attached hydrogen (secondary N) is 2. The number of amides is 2. The maximum Gasteiger partial charge on any atom is 0.328 e. The van der Waals surface area contributed by atoms with Crippen LogP contribution in [0.25, 0.3) is 0 Å². The molecule has 2 amide bonds. The first kappa shape index (κ1) is 34.9. The third kappa shape index (κ3) is 10.8. The molecule has 1 aromatic rings. The Labute approximate surface area is 249 Å². The number of piperazine rings is 1. The zero-order valence-corrected chi connectivity index (χ0v) is 25.8. The number of carbonyl (C=O) groups excluding carboxylic acids is 2. The van der Waals surface area contributed by atoms with Crippen LogP contribution in [0, 0.1) is 18.8 Å². The van der Waals surface area contributed by atoms with Gasteiger partial charge in [0.15, 0.2) is 0 Å². The van der Waals surface area contributed by atoms with Crippen molar-refractivity contribution >= 4 is 29.4 Å². The van der Waals surface area contributed by atoms with Gasteiger partial charge in [-0.1, -0.05) is 32.0 Å². The molecule has 0 aliphatic carbocycles. The molecule has 1 aromatic carbocycles. The molecule has 3 atom stereocenters. The highest BCUT2D eigenvalue weighted by Crippen LogP contribution is 2.32. The number of carboxylic acid groups (broad SMARTS) is 2. The zero-order valence-electron chi connectivity index (χ0n) is 25.8. The lowest BCUT2D eigenvalue weighted by Gasteiger charge is -2.51. The molecule has 0 spiro atoms. The second-order valence-corrected chi connectivity index (χ2v) is 12.0. The van der Waals surface area contributed by atoms with E-state index in [1.54, 1.807) is 0 Å². The second kappa shape index (κ2) is 16.4. The molecule has 234 valence electrons. The molecule has 2 saturated heterocycles. The SMILES string of the molecule is CCOC[C@@H](CC(C)C)NC(=O)[C@@H]1CNC[C@H](N2CC(=O)N(c3ccccc3C)CC2(C)C)C1.O=C(O)/C=C/C(=O)O. The summed E-state index contributed by atoms with van der Waals surface area (Å²) >= 11 is 0. The largest absolute Gasteiger partial charge is 0.478 e. The normalized spacial score (nSPS) is 21.5. The van der Waals surface area contributed by atoms with Crippen LogP contribution in [0.2, 0.25) is 0 Å². The third-order valence-electron chi connectivity index (χ3n) is 7.47. The van der Waals surface area contributed by atoms with Crippen molar-refractivity contribution in [1.29, 1.82) is 0 Å². The minimum absolute atomic E-state index is 0.0310. The first-order valence-corrected chi connectivity index (χ1v) is 14.6. The molecule has 2 aliphatic heterocycles. The molecule has 2 aliphatic rings. The first-order valence-electron chi connectivity index (χ1n) is 14.6. The summed E-state index contributed by atoms with van der Waals surface area (Å²) in [6.07, 6.45) is 2.77. The number of aryl methyl sites for hydroxylation is 1. The van der Waals surface area contributed by atoms with E-state index < -0.39 is 11.9 Å². The van der Waals surface area contributed by atoms with E-state index in [1.807, 2.05) is 43.0 Å². The van der Waals surface area contributed by atoms with Crippen LogP contribution in [0.1, 0.15) is 53.0 Å². The molecule has 42 heavy (non-hydrogen) atoms. The average Bonchev–Trinajstić information content (AvgIpc) is 2.92. The van der Waals surface area contributed by atoms with Crippen molar-refractivity contribution in [2.75, 3.05) is 44.3 Å². The number of piperidine rings is 1. The molecule has 2 fully saturated rings. The number of rotatable bonds is 11. The average molecular weight is 589 g/mol. The Bertz CT molecular complexity index is 1090. The number of aliphatic carboxylic acids is 2. The minimum atomic E-state index is -1.26. The fourth-order valence-corrected chi connectivity index (χ4v) is 5.54. The fourth-order valence-electron chi connectivity index (χ4n) is 5.54. The first-order chi connectivity index (χ1) is 19.7. The van der Waals surface area contributed by atoms with Gasteiger partial charge in [-0.15, -0.1) is 0 Å². The molecular formula is C31H48N4O7. The Morgan fingerprint density at radius 1 is 1.14 bits per heavy atom. The summed E-state index contributed by atoms with van der Waals surface area (Å²) in [5.41, 5.74) is 1.90. The van der Waals surface area contributed by atoms with Gasteiger partial charge in [0, 0.05) is 55.7 Å².